The first-order chi connectivity index (χ1) is 8.54. The van der Waals surface area contributed by atoms with Crippen molar-refractivity contribution < 1.29 is 13.9 Å². The lowest BCUT2D eigenvalue weighted by Crippen LogP contribution is -2.38. The predicted octanol–water partition coefficient (Wildman–Crippen LogP) is 3.09. The Balaban J connectivity index is 3.02. The van der Waals surface area contributed by atoms with Crippen molar-refractivity contribution in [3.8, 4) is 5.75 Å². The fourth-order valence-electron chi connectivity index (χ4n) is 1.83. The molecular formula is C14H20FNO2. The first-order valence-corrected chi connectivity index (χ1v) is 6.19. The van der Waals surface area contributed by atoms with Crippen LogP contribution in [0.2, 0.25) is 0 Å². The second-order valence-corrected chi connectivity index (χ2v) is 4.19. The number of carbonyl (C=O) groups is 1. The molecule has 3 nitrogen and oxygen atoms in total. The minimum Gasteiger partial charge on any atom is -0.497 e. The van der Waals surface area contributed by atoms with Gasteiger partial charge >= 0.3 is 0 Å². The molecule has 1 rings (SSSR count). The van der Waals surface area contributed by atoms with Gasteiger partial charge in [-0.05, 0) is 32.4 Å². The van der Waals surface area contributed by atoms with Crippen LogP contribution >= 0.6 is 0 Å². The zero-order valence-electron chi connectivity index (χ0n) is 11.4. The van der Waals surface area contributed by atoms with E-state index in [-0.39, 0.29) is 17.5 Å². The van der Waals surface area contributed by atoms with Gasteiger partial charge in [-0.1, -0.05) is 6.92 Å². The van der Waals surface area contributed by atoms with Crippen LogP contribution in [-0.4, -0.2) is 30.5 Å². The van der Waals surface area contributed by atoms with Crippen LogP contribution < -0.4 is 4.74 Å². The maximum Gasteiger partial charge on any atom is 0.257 e. The fraction of sp³-hybridized carbons (Fsp3) is 0.500. The maximum absolute atomic E-state index is 13.8. The van der Waals surface area contributed by atoms with Gasteiger partial charge in [0.1, 0.15) is 11.6 Å². The number of amides is 1. The van der Waals surface area contributed by atoms with Gasteiger partial charge in [-0.15, -0.1) is 0 Å². The summed E-state index contributed by atoms with van der Waals surface area (Å²) in [7, 11) is 1.47. The van der Waals surface area contributed by atoms with Gasteiger partial charge in [0, 0.05) is 18.7 Å². The van der Waals surface area contributed by atoms with Crippen molar-refractivity contribution in [2.24, 2.45) is 0 Å². The summed E-state index contributed by atoms with van der Waals surface area (Å²) in [6.07, 6.45) is 0.845. The Morgan fingerprint density at radius 3 is 2.56 bits per heavy atom. The normalized spacial score (nSPS) is 12.1. The van der Waals surface area contributed by atoms with Crippen LogP contribution in [-0.2, 0) is 0 Å². The van der Waals surface area contributed by atoms with E-state index in [1.807, 2.05) is 20.8 Å². The Morgan fingerprint density at radius 2 is 2.11 bits per heavy atom. The second-order valence-electron chi connectivity index (χ2n) is 4.19. The highest BCUT2D eigenvalue weighted by molar-refractivity contribution is 5.94. The van der Waals surface area contributed by atoms with E-state index in [9.17, 15) is 9.18 Å². The van der Waals surface area contributed by atoms with E-state index in [1.165, 1.54) is 19.2 Å². The zero-order valence-corrected chi connectivity index (χ0v) is 11.4. The standard InChI is InChI=1S/C14H20FNO2/c1-5-10(3)16(6-2)14(17)12-8-7-11(18-4)9-13(12)15/h7-10H,5-6H2,1-4H3. The topological polar surface area (TPSA) is 29.5 Å². The SMILES string of the molecule is CCC(C)N(CC)C(=O)c1ccc(OC)cc1F. The minimum absolute atomic E-state index is 0.0953. The summed E-state index contributed by atoms with van der Waals surface area (Å²) in [6, 6.07) is 4.41. The number of hydrogen-bond donors (Lipinski definition) is 0. The van der Waals surface area contributed by atoms with Crippen LogP contribution in [0.1, 0.15) is 37.6 Å². The summed E-state index contributed by atoms with van der Waals surface area (Å²) in [5.74, 6) is -0.399. The Labute approximate surface area is 108 Å². The maximum atomic E-state index is 13.8. The Hall–Kier alpha value is -1.58. The lowest BCUT2D eigenvalue weighted by atomic mass is 10.1. The number of carbonyl (C=O) groups excluding carboxylic acids is 1. The monoisotopic (exact) mass is 253 g/mol. The van der Waals surface area contributed by atoms with E-state index in [4.69, 9.17) is 4.74 Å². The van der Waals surface area contributed by atoms with E-state index in [0.717, 1.165) is 6.42 Å². The molecule has 0 aliphatic rings. The molecule has 0 aromatic heterocycles. The molecule has 0 aliphatic carbocycles. The van der Waals surface area contributed by atoms with Crippen LogP contribution in [0.4, 0.5) is 4.39 Å². The lowest BCUT2D eigenvalue weighted by molar-refractivity contribution is 0.0695. The molecule has 1 atom stereocenters. The van der Waals surface area contributed by atoms with Gasteiger partial charge < -0.3 is 9.64 Å². The van der Waals surface area contributed by atoms with E-state index in [1.54, 1.807) is 11.0 Å². The van der Waals surface area contributed by atoms with Gasteiger partial charge in [-0.3, -0.25) is 4.79 Å². The zero-order chi connectivity index (χ0) is 13.7. The summed E-state index contributed by atoms with van der Waals surface area (Å²) >= 11 is 0. The third kappa shape index (κ3) is 3.00. The molecular weight excluding hydrogens is 233 g/mol. The molecule has 0 aliphatic heterocycles. The number of methoxy groups -OCH3 is 1. The summed E-state index contributed by atoms with van der Waals surface area (Å²) in [5.41, 5.74) is 0.0953. The first kappa shape index (κ1) is 14.5. The van der Waals surface area contributed by atoms with E-state index in [2.05, 4.69) is 0 Å². The number of ether oxygens (including phenoxy) is 1. The molecule has 0 fully saturated rings. The highest BCUT2D eigenvalue weighted by Crippen LogP contribution is 2.19. The highest BCUT2D eigenvalue weighted by atomic mass is 19.1. The average molecular weight is 253 g/mol. The number of rotatable bonds is 5. The summed E-state index contributed by atoms with van der Waals surface area (Å²) in [6.45, 7) is 6.43. The fourth-order valence-corrected chi connectivity index (χ4v) is 1.83. The molecule has 1 unspecified atom stereocenters. The van der Waals surface area contributed by atoms with E-state index < -0.39 is 5.82 Å². The van der Waals surface area contributed by atoms with Gasteiger partial charge in [0.2, 0.25) is 0 Å². The quantitative estimate of drug-likeness (QED) is 0.807. The van der Waals surface area contributed by atoms with Crippen molar-refractivity contribution in [1.82, 2.24) is 4.90 Å². The second kappa shape index (κ2) is 6.38. The molecule has 0 heterocycles. The van der Waals surface area contributed by atoms with Gasteiger partial charge in [-0.2, -0.15) is 0 Å². The molecule has 0 radical (unpaired) electrons. The van der Waals surface area contributed by atoms with Crippen LogP contribution in [0, 0.1) is 5.82 Å². The van der Waals surface area contributed by atoms with Crippen molar-refractivity contribution in [2.45, 2.75) is 33.2 Å². The lowest BCUT2D eigenvalue weighted by Gasteiger charge is -2.27. The molecule has 0 saturated heterocycles. The average Bonchev–Trinajstić information content (AvgIpc) is 2.38. The summed E-state index contributed by atoms with van der Waals surface area (Å²) < 4.78 is 18.7. The Morgan fingerprint density at radius 1 is 1.44 bits per heavy atom. The van der Waals surface area contributed by atoms with E-state index in [0.29, 0.717) is 12.3 Å². The molecule has 0 saturated carbocycles. The van der Waals surface area contributed by atoms with Crippen molar-refractivity contribution in [2.75, 3.05) is 13.7 Å². The van der Waals surface area contributed by atoms with Gasteiger partial charge in [0.15, 0.2) is 0 Å². The predicted molar refractivity (Wildman–Crippen MR) is 69.4 cm³/mol. The van der Waals surface area contributed by atoms with Crippen LogP contribution in [0.3, 0.4) is 0 Å². The Kier molecular flexibility index (Phi) is 5.13. The van der Waals surface area contributed by atoms with Crippen molar-refractivity contribution >= 4 is 5.91 Å². The van der Waals surface area contributed by atoms with Gasteiger partial charge in [0.05, 0.1) is 12.7 Å². The van der Waals surface area contributed by atoms with Crippen molar-refractivity contribution in [3.63, 3.8) is 0 Å². The largest absolute Gasteiger partial charge is 0.497 e. The van der Waals surface area contributed by atoms with Gasteiger partial charge in [-0.25, -0.2) is 4.39 Å². The molecule has 18 heavy (non-hydrogen) atoms. The van der Waals surface area contributed by atoms with Crippen molar-refractivity contribution in [1.29, 1.82) is 0 Å². The van der Waals surface area contributed by atoms with Gasteiger partial charge in [0.25, 0.3) is 5.91 Å². The number of benzene rings is 1. The number of nitrogens with zero attached hydrogens (tertiary/aromatic N) is 1. The van der Waals surface area contributed by atoms with E-state index >= 15 is 0 Å². The summed E-state index contributed by atoms with van der Waals surface area (Å²) in [4.78, 5) is 13.9. The van der Waals surface area contributed by atoms with Crippen LogP contribution in [0.25, 0.3) is 0 Å². The highest BCUT2D eigenvalue weighted by Gasteiger charge is 2.21. The molecule has 1 amide bonds. The molecule has 0 spiro atoms. The smallest absolute Gasteiger partial charge is 0.257 e. The Bertz CT molecular complexity index is 420. The van der Waals surface area contributed by atoms with Crippen molar-refractivity contribution in [3.05, 3.63) is 29.6 Å². The number of hydrogen-bond acceptors (Lipinski definition) is 2. The molecule has 0 bridgehead atoms. The third-order valence-electron chi connectivity index (χ3n) is 3.13. The third-order valence-corrected chi connectivity index (χ3v) is 3.13. The molecule has 4 heteroatoms. The van der Waals surface area contributed by atoms with Crippen LogP contribution in [0.5, 0.6) is 5.75 Å². The minimum atomic E-state index is -0.541. The molecule has 100 valence electrons. The summed E-state index contributed by atoms with van der Waals surface area (Å²) in [5, 5.41) is 0. The molecule has 1 aromatic rings. The molecule has 0 N–H and O–H groups in total. The number of halogens is 1. The van der Waals surface area contributed by atoms with Crippen LogP contribution in [0.15, 0.2) is 18.2 Å². The molecule has 1 aromatic carbocycles. The first-order valence-electron chi connectivity index (χ1n) is 6.19.